The molecule has 0 bridgehead atoms. The van der Waals surface area contributed by atoms with Crippen LogP contribution in [0, 0.1) is 0 Å². The number of nitrogen functional groups attached to an aromatic ring is 2. The summed E-state index contributed by atoms with van der Waals surface area (Å²) in [7, 11) is 0. The van der Waals surface area contributed by atoms with E-state index in [1.54, 1.807) is 4.57 Å². The number of hydrogen-bond donors (Lipinski definition) is 4. The maximum Gasteiger partial charge on any atom is 0.224 e. The van der Waals surface area contributed by atoms with Crippen molar-refractivity contribution in [1.82, 2.24) is 19.5 Å². The minimum atomic E-state index is -0.732. The molecule has 3 atom stereocenters. The molecule has 0 amide bonds. The lowest BCUT2D eigenvalue weighted by Gasteiger charge is -2.13. The van der Waals surface area contributed by atoms with Crippen molar-refractivity contribution in [2.24, 2.45) is 0 Å². The van der Waals surface area contributed by atoms with Crippen LogP contribution in [0.15, 0.2) is 6.33 Å². The molecule has 2 aromatic heterocycles. The van der Waals surface area contributed by atoms with Crippen molar-refractivity contribution in [1.29, 1.82) is 0 Å². The number of nitrogens with zero attached hydrogens (tertiary/aromatic N) is 4. The zero-order valence-electron chi connectivity index (χ0n) is 9.97. The van der Waals surface area contributed by atoms with Gasteiger partial charge < -0.3 is 26.4 Å². The summed E-state index contributed by atoms with van der Waals surface area (Å²) >= 11 is 0. The first-order valence-electron chi connectivity index (χ1n) is 5.80. The van der Waals surface area contributed by atoms with E-state index in [1.165, 1.54) is 6.33 Å². The fourth-order valence-corrected chi connectivity index (χ4v) is 2.22. The molecular formula is C10H14N6O3. The van der Waals surface area contributed by atoms with Gasteiger partial charge in [0.25, 0.3) is 0 Å². The van der Waals surface area contributed by atoms with Gasteiger partial charge in [-0.25, -0.2) is 4.98 Å². The monoisotopic (exact) mass is 266 g/mol. The molecule has 1 saturated heterocycles. The van der Waals surface area contributed by atoms with E-state index in [0.717, 1.165) is 0 Å². The predicted octanol–water partition coefficient (Wildman–Crippen LogP) is -1.37. The molecule has 9 heteroatoms. The lowest BCUT2D eigenvalue weighted by Crippen LogP contribution is -2.24. The predicted molar refractivity (Wildman–Crippen MR) is 65.8 cm³/mol. The van der Waals surface area contributed by atoms with E-state index in [1.807, 2.05) is 0 Å². The van der Waals surface area contributed by atoms with Crippen LogP contribution in [0.1, 0.15) is 12.6 Å². The van der Waals surface area contributed by atoms with Crippen molar-refractivity contribution in [2.75, 3.05) is 18.1 Å². The molecular weight excluding hydrogens is 252 g/mol. The summed E-state index contributed by atoms with van der Waals surface area (Å²) < 4.78 is 7.16. The third kappa shape index (κ3) is 1.87. The highest BCUT2D eigenvalue weighted by Gasteiger charge is 2.35. The van der Waals surface area contributed by atoms with E-state index >= 15 is 0 Å². The number of fused-ring (bicyclic) bond motifs is 1. The molecule has 2 aromatic rings. The molecule has 3 rings (SSSR count). The molecule has 1 fully saturated rings. The Morgan fingerprint density at radius 1 is 1.42 bits per heavy atom. The zero-order valence-corrected chi connectivity index (χ0v) is 9.97. The van der Waals surface area contributed by atoms with Crippen molar-refractivity contribution in [3.05, 3.63) is 6.33 Å². The molecule has 102 valence electrons. The number of aliphatic hydroxyl groups is 2. The first-order valence-corrected chi connectivity index (χ1v) is 5.80. The van der Waals surface area contributed by atoms with Gasteiger partial charge in [0, 0.05) is 6.42 Å². The smallest absolute Gasteiger partial charge is 0.224 e. The third-order valence-electron chi connectivity index (χ3n) is 3.16. The number of hydrogen-bond acceptors (Lipinski definition) is 8. The van der Waals surface area contributed by atoms with Crippen LogP contribution in [0.3, 0.4) is 0 Å². The normalized spacial score (nSPS) is 27.2. The zero-order chi connectivity index (χ0) is 13.6. The Morgan fingerprint density at radius 2 is 2.21 bits per heavy atom. The van der Waals surface area contributed by atoms with Gasteiger partial charge >= 0.3 is 0 Å². The first-order chi connectivity index (χ1) is 9.10. The van der Waals surface area contributed by atoms with Crippen LogP contribution in [-0.4, -0.2) is 48.5 Å². The number of nitrogens with two attached hydrogens (primary N) is 2. The van der Waals surface area contributed by atoms with Gasteiger partial charge in [-0.15, -0.1) is 0 Å². The van der Waals surface area contributed by atoms with E-state index in [-0.39, 0.29) is 18.4 Å². The van der Waals surface area contributed by atoms with Crippen LogP contribution in [0.2, 0.25) is 0 Å². The largest absolute Gasteiger partial charge is 0.394 e. The Balaban J connectivity index is 2.02. The van der Waals surface area contributed by atoms with E-state index in [4.69, 9.17) is 21.3 Å². The maximum absolute atomic E-state index is 9.74. The quantitative estimate of drug-likeness (QED) is 0.521. The lowest BCUT2D eigenvalue weighted by atomic mass is 10.2. The van der Waals surface area contributed by atoms with Crippen molar-refractivity contribution in [2.45, 2.75) is 24.9 Å². The molecule has 0 aliphatic carbocycles. The van der Waals surface area contributed by atoms with E-state index in [0.29, 0.717) is 17.6 Å². The minimum absolute atomic E-state index is 0.0454. The summed E-state index contributed by atoms with van der Waals surface area (Å²) in [6.45, 7) is -0.246. The second-order valence-corrected chi connectivity index (χ2v) is 4.41. The summed E-state index contributed by atoms with van der Waals surface area (Å²) in [5.41, 5.74) is 12.1. The van der Waals surface area contributed by atoms with Gasteiger partial charge in [0.2, 0.25) is 5.95 Å². The van der Waals surface area contributed by atoms with Crippen molar-refractivity contribution >= 4 is 22.9 Å². The van der Waals surface area contributed by atoms with Crippen LogP contribution in [-0.2, 0) is 4.74 Å². The van der Waals surface area contributed by atoms with Crippen molar-refractivity contribution in [3.63, 3.8) is 0 Å². The van der Waals surface area contributed by atoms with Gasteiger partial charge in [0.05, 0.1) is 19.0 Å². The van der Waals surface area contributed by atoms with Crippen LogP contribution in [0.5, 0.6) is 0 Å². The summed E-state index contributed by atoms with van der Waals surface area (Å²) in [4.78, 5) is 12.0. The number of rotatable bonds is 2. The number of anilines is 2. The molecule has 0 radical (unpaired) electrons. The lowest BCUT2D eigenvalue weighted by molar-refractivity contribution is -0.0432. The van der Waals surface area contributed by atoms with Gasteiger partial charge in [0.15, 0.2) is 11.5 Å². The fourth-order valence-electron chi connectivity index (χ4n) is 2.22. The van der Waals surface area contributed by atoms with Gasteiger partial charge in [-0.1, -0.05) is 0 Å². The molecule has 0 saturated carbocycles. The molecule has 19 heavy (non-hydrogen) atoms. The summed E-state index contributed by atoms with van der Waals surface area (Å²) in [6.07, 6.45) is 0.0288. The molecule has 0 aromatic carbocycles. The van der Waals surface area contributed by atoms with Gasteiger partial charge in [0.1, 0.15) is 17.8 Å². The summed E-state index contributed by atoms with van der Waals surface area (Å²) in [6, 6.07) is 0. The average Bonchev–Trinajstić information content (AvgIpc) is 2.92. The average molecular weight is 266 g/mol. The second kappa shape index (κ2) is 4.30. The molecule has 1 aliphatic rings. The van der Waals surface area contributed by atoms with Crippen molar-refractivity contribution in [3.8, 4) is 0 Å². The van der Waals surface area contributed by atoms with E-state index in [9.17, 15) is 5.11 Å². The van der Waals surface area contributed by atoms with Gasteiger partial charge in [-0.3, -0.25) is 4.57 Å². The number of aromatic nitrogens is 4. The van der Waals surface area contributed by atoms with Crippen molar-refractivity contribution < 1.29 is 14.9 Å². The Labute approximate surface area is 107 Å². The Hall–Kier alpha value is -1.97. The van der Waals surface area contributed by atoms with Gasteiger partial charge in [-0.2, -0.15) is 9.97 Å². The maximum atomic E-state index is 9.74. The molecule has 1 aliphatic heterocycles. The Bertz CT molecular complexity index is 615. The fraction of sp³-hybridized carbons (Fsp3) is 0.500. The highest BCUT2D eigenvalue weighted by atomic mass is 16.5. The molecule has 3 unspecified atom stereocenters. The molecule has 3 heterocycles. The number of aliphatic hydroxyl groups excluding tert-OH is 2. The molecule has 9 nitrogen and oxygen atoms in total. The number of ether oxygens (including phenoxy) is 1. The van der Waals surface area contributed by atoms with Crippen LogP contribution in [0.25, 0.3) is 11.2 Å². The SMILES string of the molecule is Nc1nc(N)c2ncn(C3CC(O)C(CO)O3)c2n1. The highest BCUT2D eigenvalue weighted by molar-refractivity contribution is 5.82. The minimum Gasteiger partial charge on any atom is -0.394 e. The number of imidazole rings is 1. The van der Waals surface area contributed by atoms with Gasteiger partial charge in [-0.05, 0) is 0 Å². The Morgan fingerprint density at radius 3 is 2.89 bits per heavy atom. The van der Waals surface area contributed by atoms with E-state index < -0.39 is 18.4 Å². The summed E-state index contributed by atoms with van der Waals surface area (Å²) in [5, 5.41) is 18.8. The van der Waals surface area contributed by atoms with Crippen LogP contribution < -0.4 is 11.5 Å². The first kappa shape index (κ1) is 12.1. The molecule has 0 spiro atoms. The Kier molecular flexibility index (Phi) is 2.73. The van der Waals surface area contributed by atoms with E-state index in [2.05, 4.69) is 15.0 Å². The topological polar surface area (TPSA) is 145 Å². The molecule has 6 N–H and O–H groups in total. The van der Waals surface area contributed by atoms with Crippen LogP contribution in [0.4, 0.5) is 11.8 Å². The van der Waals surface area contributed by atoms with Crippen LogP contribution >= 0.6 is 0 Å². The standard InChI is InChI=1S/C10H14N6O3/c11-8-7-9(15-10(12)14-8)16(3-13-7)6-1-4(18)5(2-17)19-6/h3-6,17-18H,1-2H2,(H4,11,12,14,15). The highest BCUT2D eigenvalue weighted by Crippen LogP contribution is 2.31. The second-order valence-electron chi connectivity index (χ2n) is 4.41. The third-order valence-corrected chi connectivity index (χ3v) is 3.16. The summed E-state index contributed by atoms with van der Waals surface area (Å²) in [5.74, 6) is 0.238.